The van der Waals surface area contributed by atoms with Crippen molar-refractivity contribution in [2.45, 2.75) is 26.7 Å². The second-order valence-corrected chi connectivity index (χ2v) is 5.08. The zero-order chi connectivity index (χ0) is 16.8. The van der Waals surface area contributed by atoms with Crippen molar-refractivity contribution in [3.63, 3.8) is 0 Å². The lowest BCUT2D eigenvalue weighted by molar-refractivity contribution is 0.145. The van der Waals surface area contributed by atoms with Crippen LogP contribution in [0.15, 0.2) is 12.3 Å². The third-order valence-electron chi connectivity index (χ3n) is 3.21. The number of halogens is 2. The smallest absolute Gasteiger partial charge is 0.280 e. The van der Waals surface area contributed by atoms with Gasteiger partial charge in [-0.05, 0) is 26.3 Å². The molecule has 23 heavy (non-hydrogen) atoms. The second-order valence-electron chi connectivity index (χ2n) is 5.08. The second kappa shape index (κ2) is 7.96. The normalized spacial score (nSPS) is 11.2. The Kier molecular flexibility index (Phi) is 5.97. The summed E-state index contributed by atoms with van der Waals surface area (Å²) in [5.41, 5.74) is 1.58. The largest absolute Gasteiger partial charge is 0.382 e. The molecule has 2 aromatic heterocycles. The van der Waals surface area contributed by atoms with Crippen LogP contribution in [0.4, 0.5) is 14.7 Å². The zero-order valence-electron chi connectivity index (χ0n) is 13.5. The van der Waals surface area contributed by atoms with Crippen molar-refractivity contribution < 1.29 is 13.5 Å². The van der Waals surface area contributed by atoms with E-state index in [0.29, 0.717) is 31.0 Å². The summed E-state index contributed by atoms with van der Waals surface area (Å²) in [5.74, 6) is 0.192. The highest BCUT2D eigenvalue weighted by atomic mass is 19.3. The van der Waals surface area contributed by atoms with E-state index in [1.54, 1.807) is 17.9 Å². The molecule has 0 radical (unpaired) electrons. The highest BCUT2D eigenvalue weighted by molar-refractivity contribution is 5.62. The lowest BCUT2D eigenvalue weighted by Crippen LogP contribution is -2.10. The van der Waals surface area contributed by atoms with Gasteiger partial charge < -0.3 is 10.1 Å². The van der Waals surface area contributed by atoms with Gasteiger partial charge >= 0.3 is 0 Å². The van der Waals surface area contributed by atoms with E-state index < -0.39 is 6.43 Å². The fourth-order valence-corrected chi connectivity index (χ4v) is 2.16. The molecule has 0 unspecified atom stereocenters. The van der Waals surface area contributed by atoms with Crippen LogP contribution in [0.1, 0.15) is 31.2 Å². The summed E-state index contributed by atoms with van der Waals surface area (Å²) < 4.78 is 33.0. The number of nitrogens with one attached hydrogen (secondary N) is 1. The van der Waals surface area contributed by atoms with E-state index in [0.717, 1.165) is 12.1 Å². The maximum Gasteiger partial charge on any atom is 0.280 e. The Labute approximate surface area is 133 Å². The minimum atomic E-state index is -2.65. The van der Waals surface area contributed by atoms with Crippen molar-refractivity contribution in [3.05, 3.63) is 23.7 Å². The molecule has 1 N–H and O–H groups in total. The van der Waals surface area contributed by atoms with Crippen LogP contribution in [0.5, 0.6) is 0 Å². The first-order chi connectivity index (χ1) is 11.0. The number of aryl methyl sites for hydroxylation is 2. The van der Waals surface area contributed by atoms with Gasteiger partial charge in [-0.2, -0.15) is 5.10 Å². The summed E-state index contributed by atoms with van der Waals surface area (Å²) in [7, 11) is 1.78. The van der Waals surface area contributed by atoms with Crippen molar-refractivity contribution in [1.82, 2.24) is 19.7 Å². The van der Waals surface area contributed by atoms with Gasteiger partial charge in [0.15, 0.2) is 0 Å². The molecule has 0 amide bonds. The summed E-state index contributed by atoms with van der Waals surface area (Å²) in [6.07, 6.45) is -0.152. The van der Waals surface area contributed by atoms with Crippen LogP contribution in [0.2, 0.25) is 0 Å². The van der Waals surface area contributed by atoms with Gasteiger partial charge in [-0.1, -0.05) is 0 Å². The third kappa shape index (κ3) is 4.69. The lowest BCUT2D eigenvalue weighted by Gasteiger charge is -2.09. The van der Waals surface area contributed by atoms with Crippen LogP contribution in [0.25, 0.3) is 11.3 Å². The molecule has 0 saturated carbocycles. The van der Waals surface area contributed by atoms with Crippen molar-refractivity contribution in [2.24, 2.45) is 7.05 Å². The van der Waals surface area contributed by atoms with E-state index in [9.17, 15) is 8.78 Å². The number of alkyl halides is 2. The van der Waals surface area contributed by atoms with Gasteiger partial charge in [0, 0.05) is 38.6 Å². The van der Waals surface area contributed by atoms with E-state index in [1.165, 1.54) is 6.07 Å². The van der Waals surface area contributed by atoms with Crippen molar-refractivity contribution >= 4 is 5.95 Å². The fourth-order valence-electron chi connectivity index (χ4n) is 2.16. The van der Waals surface area contributed by atoms with Gasteiger partial charge in [-0.25, -0.2) is 18.7 Å². The number of anilines is 1. The summed E-state index contributed by atoms with van der Waals surface area (Å²) in [6.45, 7) is 5.55. The van der Waals surface area contributed by atoms with Gasteiger partial charge in [0.05, 0.1) is 11.4 Å². The Bertz CT molecular complexity index is 645. The molecule has 126 valence electrons. The standard InChI is InChI=1S/C15H21F2N5O/c1-4-23-7-5-6-18-15-19-12(8-13(20-15)14(16)17)11-9-22(3)21-10(11)2/h8-9,14H,4-7H2,1-3H3,(H,18,19,20). The van der Waals surface area contributed by atoms with Gasteiger partial charge in [0.1, 0.15) is 5.69 Å². The van der Waals surface area contributed by atoms with Crippen LogP contribution in [-0.2, 0) is 11.8 Å². The molecule has 0 aromatic carbocycles. The van der Waals surface area contributed by atoms with Gasteiger partial charge in [-0.3, -0.25) is 4.68 Å². The summed E-state index contributed by atoms with van der Waals surface area (Å²) in [5, 5.41) is 7.19. The molecule has 0 atom stereocenters. The first-order valence-electron chi connectivity index (χ1n) is 7.50. The molecule has 0 aliphatic heterocycles. The van der Waals surface area contributed by atoms with Crippen LogP contribution in [0, 0.1) is 6.92 Å². The Morgan fingerprint density at radius 2 is 2.13 bits per heavy atom. The monoisotopic (exact) mass is 325 g/mol. The minimum Gasteiger partial charge on any atom is -0.382 e. The van der Waals surface area contributed by atoms with Crippen molar-refractivity contribution in [2.75, 3.05) is 25.1 Å². The molecular weight excluding hydrogens is 304 g/mol. The average molecular weight is 325 g/mol. The predicted molar refractivity (Wildman–Crippen MR) is 83.5 cm³/mol. The summed E-state index contributed by atoms with van der Waals surface area (Å²) in [6, 6.07) is 1.31. The first kappa shape index (κ1) is 17.3. The topological polar surface area (TPSA) is 64.9 Å². The van der Waals surface area contributed by atoms with E-state index in [-0.39, 0.29) is 11.6 Å². The van der Waals surface area contributed by atoms with Gasteiger partial charge in [0.25, 0.3) is 6.43 Å². The average Bonchev–Trinajstić information content (AvgIpc) is 2.85. The van der Waals surface area contributed by atoms with Crippen molar-refractivity contribution in [3.8, 4) is 11.3 Å². The number of hydrogen-bond acceptors (Lipinski definition) is 5. The SMILES string of the molecule is CCOCCCNc1nc(-c2cn(C)nc2C)cc(C(F)F)n1. The third-order valence-corrected chi connectivity index (χ3v) is 3.21. The highest BCUT2D eigenvalue weighted by Crippen LogP contribution is 2.26. The van der Waals surface area contributed by atoms with E-state index >= 15 is 0 Å². The molecule has 0 aliphatic carbocycles. The molecule has 2 rings (SSSR count). The van der Waals surface area contributed by atoms with E-state index in [2.05, 4.69) is 20.4 Å². The maximum absolute atomic E-state index is 13.1. The molecule has 0 bridgehead atoms. The number of aromatic nitrogens is 4. The van der Waals surface area contributed by atoms with Crippen LogP contribution in [-0.4, -0.2) is 39.5 Å². The Hall–Kier alpha value is -2.09. The van der Waals surface area contributed by atoms with Crippen LogP contribution >= 0.6 is 0 Å². The summed E-state index contributed by atoms with van der Waals surface area (Å²) >= 11 is 0. The molecule has 8 heteroatoms. The number of ether oxygens (including phenoxy) is 1. The highest BCUT2D eigenvalue weighted by Gasteiger charge is 2.16. The van der Waals surface area contributed by atoms with E-state index in [4.69, 9.17) is 4.74 Å². The molecule has 2 aromatic rings. The van der Waals surface area contributed by atoms with Gasteiger partial charge in [0.2, 0.25) is 5.95 Å². The molecule has 0 fully saturated rings. The Morgan fingerprint density at radius 1 is 1.35 bits per heavy atom. The molecule has 0 saturated heterocycles. The van der Waals surface area contributed by atoms with Crippen LogP contribution < -0.4 is 5.32 Å². The first-order valence-corrected chi connectivity index (χ1v) is 7.50. The molecule has 2 heterocycles. The summed E-state index contributed by atoms with van der Waals surface area (Å²) in [4.78, 5) is 8.20. The zero-order valence-corrected chi connectivity index (χ0v) is 13.5. The number of nitrogens with zero attached hydrogens (tertiary/aromatic N) is 4. The van der Waals surface area contributed by atoms with Crippen molar-refractivity contribution in [1.29, 1.82) is 0 Å². The lowest BCUT2D eigenvalue weighted by atomic mass is 10.1. The maximum atomic E-state index is 13.1. The quantitative estimate of drug-likeness (QED) is 0.756. The Balaban J connectivity index is 2.20. The molecule has 0 spiro atoms. The predicted octanol–water partition coefficient (Wildman–Crippen LogP) is 2.96. The van der Waals surface area contributed by atoms with Crippen LogP contribution in [0.3, 0.4) is 0 Å². The number of rotatable bonds is 8. The minimum absolute atomic E-state index is 0.192. The Morgan fingerprint density at radius 3 is 2.74 bits per heavy atom. The van der Waals surface area contributed by atoms with E-state index in [1.807, 2.05) is 13.8 Å². The molecule has 0 aliphatic rings. The van der Waals surface area contributed by atoms with Gasteiger partial charge in [-0.15, -0.1) is 0 Å². The fraction of sp³-hybridized carbons (Fsp3) is 0.533. The molecular formula is C15H21F2N5O. The number of hydrogen-bond donors (Lipinski definition) is 1. The molecule has 6 nitrogen and oxygen atoms in total.